The van der Waals surface area contributed by atoms with E-state index < -0.39 is 0 Å². The summed E-state index contributed by atoms with van der Waals surface area (Å²) in [5.41, 5.74) is 2.26. The lowest BCUT2D eigenvalue weighted by molar-refractivity contribution is -0.858. The number of esters is 1. The third kappa shape index (κ3) is 4.31. The molecule has 0 amide bonds. The molecule has 0 atom stereocenters. The first-order valence-corrected chi connectivity index (χ1v) is 9.18. The van der Waals surface area contributed by atoms with Gasteiger partial charge in [-0.05, 0) is 42.7 Å². The number of quaternary nitrogens is 1. The number of carbonyl (C=O) groups excluding carboxylic acids is 1. The van der Waals surface area contributed by atoms with Crippen molar-refractivity contribution < 1.29 is 26.8 Å². The molecule has 2 saturated carbocycles. The second-order valence-electron chi connectivity index (χ2n) is 7.63. The number of rotatable bonds is 6. The number of benzene rings is 1. The molecule has 4 heteroatoms. The van der Waals surface area contributed by atoms with Gasteiger partial charge in [0, 0.05) is 0 Å². The molecule has 0 saturated heterocycles. The van der Waals surface area contributed by atoms with Crippen LogP contribution in [0.15, 0.2) is 24.3 Å². The Morgan fingerprint density at radius 1 is 1.12 bits per heavy atom. The zero-order valence-corrected chi connectivity index (χ0v) is 15.7. The maximum absolute atomic E-state index is 12.5. The lowest BCUT2D eigenvalue weighted by Crippen LogP contribution is -3.06. The van der Waals surface area contributed by atoms with Crippen molar-refractivity contribution in [2.45, 2.75) is 56.3 Å². The minimum atomic E-state index is -0.341. The molecule has 24 heavy (non-hydrogen) atoms. The number of likely N-dealkylation sites (N-methyl/N-ethyl adjacent to an activating group) is 1. The standard InChI is InChI=1S/C20H29NO2.ClH/c1-21(2)14-15-23-19(22)20(12-13-20)18-10-8-17(9-11-18)16-6-4-3-5-7-16;/h8-11,16H,3-7,12-15H2,1-2H3;1H. The highest BCUT2D eigenvalue weighted by Gasteiger charge is 2.52. The number of carbonyl (C=O) groups is 1. The van der Waals surface area contributed by atoms with Crippen molar-refractivity contribution in [1.82, 2.24) is 0 Å². The van der Waals surface area contributed by atoms with Crippen LogP contribution in [0.4, 0.5) is 0 Å². The van der Waals surface area contributed by atoms with Gasteiger partial charge in [0.2, 0.25) is 0 Å². The summed E-state index contributed by atoms with van der Waals surface area (Å²) in [6.07, 6.45) is 8.61. The Balaban J connectivity index is 0.00000208. The second kappa shape index (κ2) is 8.35. The van der Waals surface area contributed by atoms with Gasteiger partial charge in [0.1, 0.15) is 13.2 Å². The van der Waals surface area contributed by atoms with E-state index in [2.05, 4.69) is 38.4 Å². The maximum Gasteiger partial charge on any atom is 0.316 e. The van der Waals surface area contributed by atoms with Crippen LogP contribution in [-0.4, -0.2) is 33.2 Å². The number of ether oxygens (including phenoxy) is 1. The molecule has 134 valence electrons. The summed E-state index contributed by atoms with van der Waals surface area (Å²) in [6, 6.07) is 8.86. The number of nitrogens with one attached hydrogen (secondary N) is 1. The highest BCUT2D eigenvalue weighted by atomic mass is 35.5. The molecule has 0 unspecified atom stereocenters. The molecule has 2 aliphatic rings. The van der Waals surface area contributed by atoms with Gasteiger partial charge >= 0.3 is 5.97 Å². The van der Waals surface area contributed by atoms with Gasteiger partial charge < -0.3 is 22.0 Å². The fraction of sp³-hybridized carbons (Fsp3) is 0.650. The second-order valence-corrected chi connectivity index (χ2v) is 7.63. The van der Waals surface area contributed by atoms with Gasteiger partial charge in [-0.1, -0.05) is 43.5 Å². The minimum absolute atomic E-state index is 0. The largest absolute Gasteiger partial charge is 1.00 e. The number of hydrogen-bond acceptors (Lipinski definition) is 2. The van der Waals surface area contributed by atoms with E-state index in [1.54, 1.807) is 0 Å². The van der Waals surface area contributed by atoms with Crippen LogP contribution in [0.25, 0.3) is 0 Å². The number of hydrogen-bond donors (Lipinski definition) is 1. The smallest absolute Gasteiger partial charge is 0.316 e. The number of halogens is 1. The maximum atomic E-state index is 12.5. The average Bonchev–Trinajstić information content (AvgIpc) is 3.37. The fourth-order valence-electron chi connectivity index (χ4n) is 3.73. The van der Waals surface area contributed by atoms with Gasteiger partial charge in [0.25, 0.3) is 0 Å². The molecular weight excluding hydrogens is 322 g/mol. The molecule has 0 heterocycles. The predicted octanol–water partition coefficient (Wildman–Crippen LogP) is -0.542. The minimum Gasteiger partial charge on any atom is -1.00 e. The Labute approximate surface area is 152 Å². The topological polar surface area (TPSA) is 30.7 Å². The summed E-state index contributed by atoms with van der Waals surface area (Å²) in [4.78, 5) is 13.8. The summed E-state index contributed by atoms with van der Waals surface area (Å²) in [5.74, 6) is 0.701. The van der Waals surface area contributed by atoms with E-state index in [-0.39, 0.29) is 23.8 Å². The first-order valence-electron chi connectivity index (χ1n) is 9.18. The lowest BCUT2D eigenvalue weighted by atomic mass is 9.83. The Hall–Kier alpha value is -1.06. The fourth-order valence-corrected chi connectivity index (χ4v) is 3.73. The van der Waals surface area contributed by atoms with Gasteiger partial charge in [-0.15, -0.1) is 0 Å². The highest BCUT2D eigenvalue weighted by Crippen LogP contribution is 2.49. The molecule has 0 aliphatic heterocycles. The van der Waals surface area contributed by atoms with Gasteiger partial charge in [0.15, 0.2) is 0 Å². The summed E-state index contributed by atoms with van der Waals surface area (Å²) >= 11 is 0. The highest BCUT2D eigenvalue weighted by molar-refractivity contribution is 5.86. The van der Waals surface area contributed by atoms with Crippen LogP contribution in [-0.2, 0) is 14.9 Å². The summed E-state index contributed by atoms with van der Waals surface area (Å²) in [7, 11) is 4.15. The van der Waals surface area contributed by atoms with Crippen molar-refractivity contribution in [2.75, 3.05) is 27.2 Å². The van der Waals surface area contributed by atoms with Crippen LogP contribution in [0, 0.1) is 0 Å². The predicted molar refractivity (Wildman–Crippen MR) is 91.8 cm³/mol. The first-order chi connectivity index (χ1) is 11.1. The van der Waals surface area contributed by atoms with Crippen molar-refractivity contribution in [3.05, 3.63) is 35.4 Å². The first kappa shape index (κ1) is 19.3. The summed E-state index contributed by atoms with van der Waals surface area (Å²) in [6.45, 7) is 1.38. The molecular formula is C20H30ClNO2. The van der Waals surface area contributed by atoms with Crippen molar-refractivity contribution in [1.29, 1.82) is 0 Å². The molecule has 0 spiro atoms. The van der Waals surface area contributed by atoms with Gasteiger partial charge in [0.05, 0.1) is 19.5 Å². The van der Waals surface area contributed by atoms with Crippen LogP contribution in [0.3, 0.4) is 0 Å². The van der Waals surface area contributed by atoms with Crippen molar-refractivity contribution in [2.24, 2.45) is 0 Å². The van der Waals surface area contributed by atoms with Gasteiger partial charge in [-0.25, -0.2) is 0 Å². The zero-order valence-electron chi connectivity index (χ0n) is 14.9. The quantitative estimate of drug-likeness (QED) is 0.698. The molecule has 2 aliphatic carbocycles. The molecule has 1 aromatic rings. The lowest BCUT2D eigenvalue weighted by Gasteiger charge is -2.23. The Morgan fingerprint density at radius 2 is 1.75 bits per heavy atom. The summed E-state index contributed by atoms with van der Waals surface area (Å²) < 4.78 is 5.52. The van der Waals surface area contributed by atoms with E-state index in [1.807, 2.05) is 0 Å². The third-order valence-corrected chi connectivity index (χ3v) is 5.52. The summed E-state index contributed by atoms with van der Waals surface area (Å²) in [5, 5.41) is 0. The average molecular weight is 352 g/mol. The van der Waals surface area contributed by atoms with Crippen LogP contribution in [0.5, 0.6) is 0 Å². The molecule has 1 N–H and O–H groups in total. The zero-order chi connectivity index (χ0) is 16.3. The SMILES string of the molecule is C[NH+](C)CCOC(=O)C1(c2ccc(C3CCCCC3)cc2)CC1.[Cl-]. The monoisotopic (exact) mass is 351 g/mol. The Bertz CT molecular complexity index is 531. The molecule has 0 bridgehead atoms. The Kier molecular flexibility index (Phi) is 6.70. The van der Waals surface area contributed by atoms with Crippen molar-refractivity contribution >= 4 is 5.97 Å². The van der Waals surface area contributed by atoms with E-state index in [1.165, 1.54) is 42.6 Å². The molecule has 0 radical (unpaired) electrons. The van der Waals surface area contributed by atoms with Crippen LogP contribution in [0.2, 0.25) is 0 Å². The van der Waals surface area contributed by atoms with Gasteiger partial charge in [-0.2, -0.15) is 0 Å². The molecule has 3 rings (SSSR count). The van der Waals surface area contributed by atoms with E-state index in [4.69, 9.17) is 4.74 Å². The molecule has 2 fully saturated rings. The molecule has 1 aromatic carbocycles. The van der Waals surface area contributed by atoms with Crippen LogP contribution >= 0.6 is 0 Å². The van der Waals surface area contributed by atoms with Crippen LogP contribution < -0.4 is 17.3 Å². The van der Waals surface area contributed by atoms with E-state index >= 15 is 0 Å². The van der Waals surface area contributed by atoms with E-state index in [9.17, 15) is 4.79 Å². The normalized spacial score (nSPS) is 19.6. The van der Waals surface area contributed by atoms with E-state index in [0.29, 0.717) is 6.61 Å². The van der Waals surface area contributed by atoms with Crippen molar-refractivity contribution in [3.8, 4) is 0 Å². The van der Waals surface area contributed by atoms with Crippen LogP contribution in [0.1, 0.15) is 62.0 Å². The Morgan fingerprint density at radius 3 is 2.29 bits per heavy atom. The molecule has 3 nitrogen and oxygen atoms in total. The van der Waals surface area contributed by atoms with Crippen molar-refractivity contribution in [3.63, 3.8) is 0 Å². The van der Waals surface area contributed by atoms with E-state index in [0.717, 1.165) is 30.9 Å². The third-order valence-electron chi connectivity index (χ3n) is 5.52. The molecule has 0 aromatic heterocycles. The van der Waals surface area contributed by atoms with Gasteiger partial charge in [-0.3, -0.25) is 4.79 Å².